The third-order valence-electron chi connectivity index (χ3n) is 7.25. The molecule has 1 heterocycles. The van der Waals surface area contributed by atoms with Gasteiger partial charge in [0.15, 0.2) is 0 Å². The predicted octanol–water partition coefficient (Wildman–Crippen LogP) is 4.63. The van der Waals surface area contributed by atoms with E-state index in [1.807, 2.05) is 81.4 Å². The quantitative estimate of drug-likeness (QED) is 0.175. The molecule has 4 amide bonds. The lowest BCUT2D eigenvalue weighted by Gasteiger charge is -2.31. The fourth-order valence-corrected chi connectivity index (χ4v) is 5.22. The summed E-state index contributed by atoms with van der Waals surface area (Å²) in [5.74, 6) is -1.91. The average Bonchev–Trinajstić information content (AvgIpc) is 2.97. The highest BCUT2D eigenvalue weighted by molar-refractivity contribution is 6.07. The molecule has 4 N–H and O–H groups in total. The molecule has 2 rings (SSSR count). The molecule has 4 atom stereocenters. The largest absolute Gasteiger partial charge is 0.467 e. The summed E-state index contributed by atoms with van der Waals surface area (Å²) in [5, 5.41) is 11.4. The molecule has 1 aliphatic heterocycles. The molecular weight excluding hydrogens is 572 g/mol. The Bertz CT molecular complexity index is 1190. The van der Waals surface area contributed by atoms with Gasteiger partial charge in [-0.2, -0.15) is 0 Å². The second-order valence-electron chi connectivity index (χ2n) is 12.9. The molecule has 0 bridgehead atoms. The third kappa shape index (κ3) is 12.3. The van der Waals surface area contributed by atoms with E-state index in [-0.39, 0.29) is 35.6 Å². The average molecular weight is 629 g/mol. The van der Waals surface area contributed by atoms with Gasteiger partial charge in [0.25, 0.3) is 5.91 Å². The summed E-state index contributed by atoms with van der Waals surface area (Å²) in [6, 6.07) is 4.08. The molecule has 252 valence electrons. The van der Waals surface area contributed by atoms with Crippen LogP contribution in [0.2, 0.25) is 0 Å². The lowest BCUT2D eigenvalue weighted by molar-refractivity contribution is -0.146. The fraction of sp³-hybridized carbons (Fsp3) is 0.629. The predicted molar refractivity (Wildman–Crippen MR) is 178 cm³/mol. The molecule has 0 spiro atoms. The number of methoxy groups -OCH3 is 1. The maximum absolute atomic E-state index is 13.6. The molecule has 0 saturated heterocycles. The summed E-state index contributed by atoms with van der Waals surface area (Å²) < 4.78 is 4.88. The number of carbonyl (C=O) groups is 5. The molecule has 45 heavy (non-hydrogen) atoms. The van der Waals surface area contributed by atoms with Crippen molar-refractivity contribution in [3.63, 3.8) is 0 Å². The summed E-state index contributed by atoms with van der Waals surface area (Å²) in [7, 11) is 1.27. The second-order valence-corrected chi connectivity index (χ2v) is 12.9. The van der Waals surface area contributed by atoms with Gasteiger partial charge >= 0.3 is 5.97 Å². The SMILES string of the molecule is CC.COC(=O)C(CC(C)C)NC(=O)C(CC(C)C)NC(=O)C(CC(C)C)NC(=O)/C=C1/c2ccccc2C(=O)NC1C(C)C. The van der Waals surface area contributed by atoms with E-state index in [2.05, 4.69) is 21.3 Å². The van der Waals surface area contributed by atoms with E-state index in [9.17, 15) is 24.0 Å². The minimum Gasteiger partial charge on any atom is -0.467 e. The first-order chi connectivity index (χ1) is 21.1. The van der Waals surface area contributed by atoms with E-state index >= 15 is 0 Å². The molecule has 1 aromatic rings. The third-order valence-corrected chi connectivity index (χ3v) is 7.25. The summed E-state index contributed by atoms with van der Waals surface area (Å²) in [6.45, 7) is 19.6. The normalized spacial score (nSPS) is 17.1. The summed E-state index contributed by atoms with van der Waals surface area (Å²) >= 11 is 0. The first kappa shape index (κ1) is 39.3. The lowest BCUT2D eigenvalue weighted by Crippen LogP contribution is -2.56. The first-order valence-corrected chi connectivity index (χ1v) is 16.2. The topological polar surface area (TPSA) is 143 Å². The highest BCUT2D eigenvalue weighted by atomic mass is 16.5. The zero-order chi connectivity index (χ0) is 34.4. The molecule has 0 aromatic heterocycles. The van der Waals surface area contributed by atoms with Crippen LogP contribution in [0, 0.1) is 23.7 Å². The number of hydrogen-bond acceptors (Lipinski definition) is 6. The zero-order valence-corrected chi connectivity index (χ0v) is 29.1. The Morgan fingerprint density at radius 2 is 1.20 bits per heavy atom. The Morgan fingerprint density at radius 3 is 1.67 bits per heavy atom. The van der Waals surface area contributed by atoms with Crippen LogP contribution in [0.5, 0.6) is 0 Å². The smallest absolute Gasteiger partial charge is 0.328 e. The number of benzene rings is 1. The fourth-order valence-electron chi connectivity index (χ4n) is 5.22. The van der Waals surface area contributed by atoms with Crippen LogP contribution in [-0.2, 0) is 23.9 Å². The maximum Gasteiger partial charge on any atom is 0.328 e. The molecule has 0 radical (unpaired) electrons. The van der Waals surface area contributed by atoms with Crippen molar-refractivity contribution in [2.24, 2.45) is 23.7 Å². The number of rotatable bonds is 14. The van der Waals surface area contributed by atoms with Gasteiger partial charge in [0.2, 0.25) is 17.7 Å². The minimum absolute atomic E-state index is 0.0194. The van der Waals surface area contributed by atoms with Crippen molar-refractivity contribution in [2.75, 3.05) is 7.11 Å². The van der Waals surface area contributed by atoms with Gasteiger partial charge in [-0.3, -0.25) is 19.2 Å². The van der Waals surface area contributed by atoms with Crippen LogP contribution < -0.4 is 21.3 Å². The minimum atomic E-state index is -0.914. The highest BCUT2D eigenvalue weighted by Gasteiger charge is 2.33. The van der Waals surface area contributed by atoms with Crippen LogP contribution in [0.25, 0.3) is 5.57 Å². The van der Waals surface area contributed by atoms with E-state index in [0.717, 1.165) is 0 Å². The molecule has 10 heteroatoms. The number of fused-ring (bicyclic) bond motifs is 1. The Labute approximate surface area is 269 Å². The van der Waals surface area contributed by atoms with Crippen LogP contribution in [-0.4, -0.2) is 60.9 Å². The number of nitrogens with one attached hydrogen (secondary N) is 4. The van der Waals surface area contributed by atoms with Crippen molar-refractivity contribution in [2.45, 2.75) is 113 Å². The van der Waals surface area contributed by atoms with Crippen LogP contribution >= 0.6 is 0 Å². The van der Waals surface area contributed by atoms with Crippen molar-refractivity contribution in [3.05, 3.63) is 41.5 Å². The Kier molecular flexibility index (Phi) is 16.6. The molecule has 0 fully saturated rings. The van der Waals surface area contributed by atoms with Gasteiger partial charge < -0.3 is 26.0 Å². The van der Waals surface area contributed by atoms with Gasteiger partial charge in [0.1, 0.15) is 18.1 Å². The van der Waals surface area contributed by atoms with Crippen LogP contribution in [0.4, 0.5) is 0 Å². The van der Waals surface area contributed by atoms with Gasteiger partial charge in [-0.15, -0.1) is 0 Å². The van der Waals surface area contributed by atoms with E-state index in [1.54, 1.807) is 12.1 Å². The van der Waals surface area contributed by atoms with Gasteiger partial charge in [-0.25, -0.2) is 4.79 Å². The monoisotopic (exact) mass is 628 g/mol. The van der Waals surface area contributed by atoms with E-state index in [4.69, 9.17) is 4.74 Å². The summed E-state index contributed by atoms with van der Waals surface area (Å²) in [6.07, 6.45) is 2.53. The highest BCUT2D eigenvalue weighted by Crippen LogP contribution is 2.30. The van der Waals surface area contributed by atoms with E-state index < -0.39 is 41.8 Å². The summed E-state index contributed by atoms with van der Waals surface area (Å²) in [5.41, 5.74) is 1.84. The summed E-state index contributed by atoms with van der Waals surface area (Å²) in [4.78, 5) is 65.3. The van der Waals surface area contributed by atoms with Crippen molar-refractivity contribution >= 4 is 35.2 Å². The molecule has 0 saturated carbocycles. The van der Waals surface area contributed by atoms with Gasteiger partial charge in [-0.05, 0) is 60.1 Å². The van der Waals surface area contributed by atoms with Crippen molar-refractivity contribution in [1.82, 2.24) is 21.3 Å². The van der Waals surface area contributed by atoms with Crippen LogP contribution in [0.15, 0.2) is 30.3 Å². The Morgan fingerprint density at radius 1 is 0.756 bits per heavy atom. The van der Waals surface area contributed by atoms with Gasteiger partial charge in [0.05, 0.1) is 13.2 Å². The number of hydrogen-bond donors (Lipinski definition) is 4. The standard InChI is InChI=1S/C33H50N4O6.C2H6/c1-18(2)14-25(31(40)35-26(15-19(3)4)32(41)36-27(16-20(5)6)33(42)43-9)34-28(38)17-24-22-12-10-11-13-23(22)30(39)37-29(24)21(7)8;1-2/h10-13,17-21,25-27,29H,14-16H2,1-9H3,(H,34,38)(H,35,40)(H,36,41)(H,37,39);1-2H3/b24-17-;. The molecule has 1 aromatic carbocycles. The maximum atomic E-state index is 13.6. The van der Waals surface area contributed by atoms with Crippen LogP contribution in [0.1, 0.15) is 104 Å². The Hall–Kier alpha value is -3.69. The molecular formula is C35H56N4O6. The van der Waals surface area contributed by atoms with Crippen molar-refractivity contribution in [3.8, 4) is 0 Å². The molecule has 0 aliphatic carbocycles. The van der Waals surface area contributed by atoms with Crippen molar-refractivity contribution < 1.29 is 28.7 Å². The van der Waals surface area contributed by atoms with Crippen molar-refractivity contribution in [1.29, 1.82) is 0 Å². The second kappa shape index (κ2) is 19.0. The van der Waals surface area contributed by atoms with Crippen LogP contribution in [0.3, 0.4) is 0 Å². The molecule has 10 nitrogen and oxygen atoms in total. The molecule has 4 unspecified atom stereocenters. The van der Waals surface area contributed by atoms with Gasteiger partial charge in [-0.1, -0.05) is 87.4 Å². The van der Waals surface area contributed by atoms with E-state index in [1.165, 1.54) is 13.2 Å². The van der Waals surface area contributed by atoms with E-state index in [0.29, 0.717) is 36.0 Å². The van der Waals surface area contributed by atoms with Gasteiger partial charge in [0, 0.05) is 11.6 Å². The Balaban J connectivity index is 0.00000496. The number of ether oxygens (including phenoxy) is 1. The number of esters is 1. The first-order valence-electron chi connectivity index (χ1n) is 16.2. The lowest BCUT2D eigenvalue weighted by atomic mass is 9.84. The number of carbonyl (C=O) groups excluding carboxylic acids is 5. The molecule has 1 aliphatic rings. The number of amides is 4. The zero-order valence-electron chi connectivity index (χ0n) is 29.1.